The molecule has 7 nitrogen and oxygen atoms in total. The lowest BCUT2D eigenvalue weighted by Crippen LogP contribution is -2.26. The number of amides is 1. The Kier molecular flexibility index (Phi) is 5.25. The van der Waals surface area contributed by atoms with Gasteiger partial charge in [-0.2, -0.15) is 0 Å². The minimum atomic E-state index is -0.247. The average molecular weight is 415 g/mol. The van der Waals surface area contributed by atoms with Gasteiger partial charge in [0.05, 0.1) is 18.5 Å². The second kappa shape index (κ2) is 7.97. The van der Waals surface area contributed by atoms with Crippen molar-refractivity contribution >= 4 is 33.8 Å². The number of imidazole rings is 1. The lowest BCUT2D eigenvalue weighted by Gasteiger charge is -2.04. The number of aliphatic hydroxyl groups excluding tert-OH is 1. The summed E-state index contributed by atoms with van der Waals surface area (Å²) in [4.78, 5) is 17.1. The molecule has 2 aromatic carbocycles. The van der Waals surface area contributed by atoms with Crippen LogP contribution in [-0.4, -0.2) is 38.8 Å². The predicted octanol–water partition coefficient (Wildman–Crippen LogP) is 3.63. The van der Waals surface area contributed by atoms with E-state index in [-0.39, 0.29) is 19.1 Å². The molecular formula is C19H15ClN4O3S. The number of halogens is 1. The summed E-state index contributed by atoms with van der Waals surface area (Å²) in [6.07, 6.45) is 1.83. The van der Waals surface area contributed by atoms with Gasteiger partial charge < -0.3 is 15.2 Å². The van der Waals surface area contributed by atoms with Gasteiger partial charge in [0.25, 0.3) is 11.1 Å². The molecule has 1 amide bonds. The number of nitrogens with zero attached hydrogens (tertiary/aromatic N) is 3. The molecule has 0 aliphatic rings. The fraction of sp³-hybridized carbons (Fsp3) is 0.105. The Balaban J connectivity index is 1.47. The fourth-order valence-electron chi connectivity index (χ4n) is 2.53. The fourth-order valence-corrected chi connectivity index (χ4v) is 3.41. The molecule has 0 aliphatic carbocycles. The van der Waals surface area contributed by atoms with E-state index in [1.807, 2.05) is 30.5 Å². The quantitative estimate of drug-likeness (QED) is 0.503. The maximum absolute atomic E-state index is 11.8. The third-order valence-corrected chi connectivity index (χ3v) is 4.94. The van der Waals surface area contributed by atoms with E-state index in [0.717, 1.165) is 11.3 Å². The van der Waals surface area contributed by atoms with Gasteiger partial charge in [-0.05, 0) is 47.7 Å². The van der Waals surface area contributed by atoms with Crippen molar-refractivity contribution in [1.82, 2.24) is 19.9 Å². The van der Waals surface area contributed by atoms with Crippen LogP contribution in [0.3, 0.4) is 0 Å². The summed E-state index contributed by atoms with van der Waals surface area (Å²) in [5, 5.41) is 16.9. The molecule has 142 valence electrons. The van der Waals surface area contributed by atoms with E-state index in [1.165, 1.54) is 11.3 Å². The van der Waals surface area contributed by atoms with E-state index in [1.54, 1.807) is 28.8 Å². The van der Waals surface area contributed by atoms with Crippen LogP contribution < -0.4 is 10.1 Å². The predicted molar refractivity (Wildman–Crippen MR) is 107 cm³/mol. The molecule has 4 rings (SSSR count). The van der Waals surface area contributed by atoms with Crippen molar-refractivity contribution in [2.45, 2.75) is 0 Å². The van der Waals surface area contributed by atoms with Gasteiger partial charge in [-0.3, -0.25) is 4.79 Å². The standard InChI is InChI=1S/C19H15ClN4O3S/c20-14-5-1-12(2-6-14)16-11-24-18(22-16)28-19(23-24)27-15-7-3-13(4-8-15)17(26)21-9-10-25/h1-8,11,25H,9-10H2,(H,21,26). The van der Waals surface area contributed by atoms with E-state index in [0.29, 0.717) is 26.5 Å². The van der Waals surface area contributed by atoms with E-state index in [9.17, 15) is 4.79 Å². The maximum atomic E-state index is 11.8. The van der Waals surface area contributed by atoms with E-state index in [4.69, 9.17) is 21.4 Å². The van der Waals surface area contributed by atoms with Crippen LogP contribution in [0.15, 0.2) is 54.7 Å². The van der Waals surface area contributed by atoms with Crippen molar-refractivity contribution in [3.05, 3.63) is 65.3 Å². The summed E-state index contributed by atoms with van der Waals surface area (Å²) in [5.74, 6) is 0.316. The first kappa shape index (κ1) is 18.4. The molecule has 4 aromatic rings. The maximum Gasteiger partial charge on any atom is 0.299 e. The van der Waals surface area contributed by atoms with Crippen LogP contribution in [0.1, 0.15) is 10.4 Å². The first-order chi connectivity index (χ1) is 13.6. The van der Waals surface area contributed by atoms with Crippen molar-refractivity contribution in [3.63, 3.8) is 0 Å². The summed E-state index contributed by atoms with van der Waals surface area (Å²) >= 11 is 7.24. The minimum Gasteiger partial charge on any atom is -0.430 e. The summed E-state index contributed by atoms with van der Waals surface area (Å²) in [7, 11) is 0. The van der Waals surface area contributed by atoms with Gasteiger partial charge in [0.1, 0.15) is 5.75 Å². The smallest absolute Gasteiger partial charge is 0.299 e. The third kappa shape index (κ3) is 3.99. The van der Waals surface area contributed by atoms with Crippen LogP contribution in [0.2, 0.25) is 5.02 Å². The third-order valence-electron chi connectivity index (χ3n) is 3.88. The van der Waals surface area contributed by atoms with Gasteiger partial charge in [0, 0.05) is 22.7 Å². The number of carbonyl (C=O) groups excluding carboxylic acids is 1. The summed E-state index contributed by atoms with van der Waals surface area (Å²) < 4.78 is 7.42. The van der Waals surface area contributed by atoms with Crippen LogP contribution in [-0.2, 0) is 0 Å². The molecule has 0 unspecified atom stereocenters. The van der Waals surface area contributed by atoms with Gasteiger partial charge >= 0.3 is 0 Å². The number of fused-ring (bicyclic) bond motifs is 1. The summed E-state index contributed by atoms with van der Waals surface area (Å²) in [6.45, 7) is 0.118. The van der Waals surface area contributed by atoms with Crippen LogP contribution >= 0.6 is 22.9 Å². The van der Waals surface area contributed by atoms with Crippen LogP contribution in [0, 0.1) is 0 Å². The minimum absolute atomic E-state index is 0.0987. The van der Waals surface area contributed by atoms with E-state index >= 15 is 0 Å². The average Bonchev–Trinajstić information content (AvgIpc) is 3.26. The Bertz CT molecular complexity index is 1080. The molecule has 0 bridgehead atoms. The molecule has 2 N–H and O–H groups in total. The number of benzene rings is 2. The molecule has 0 saturated heterocycles. The lowest BCUT2D eigenvalue weighted by molar-refractivity contribution is 0.0945. The van der Waals surface area contributed by atoms with Crippen LogP contribution in [0.25, 0.3) is 16.2 Å². The van der Waals surface area contributed by atoms with Crippen molar-refractivity contribution in [3.8, 4) is 22.2 Å². The number of aliphatic hydroxyl groups is 1. The van der Waals surface area contributed by atoms with Gasteiger partial charge in [-0.1, -0.05) is 23.7 Å². The van der Waals surface area contributed by atoms with Gasteiger partial charge in [-0.15, -0.1) is 5.10 Å². The molecule has 2 heterocycles. The number of hydrogen-bond donors (Lipinski definition) is 2. The summed E-state index contributed by atoms with van der Waals surface area (Å²) in [5.41, 5.74) is 2.25. The molecule has 9 heteroatoms. The zero-order valence-electron chi connectivity index (χ0n) is 14.5. The molecule has 28 heavy (non-hydrogen) atoms. The molecule has 0 atom stereocenters. The Morgan fingerprint density at radius 2 is 1.93 bits per heavy atom. The molecule has 2 aromatic heterocycles. The Hall–Kier alpha value is -2.94. The Morgan fingerprint density at radius 1 is 1.18 bits per heavy atom. The first-order valence-corrected chi connectivity index (χ1v) is 9.61. The lowest BCUT2D eigenvalue weighted by atomic mass is 10.2. The molecular weight excluding hydrogens is 400 g/mol. The molecule has 0 spiro atoms. The van der Waals surface area contributed by atoms with E-state index < -0.39 is 0 Å². The highest BCUT2D eigenvalue weighted by Gasteiger charge is 2.12. The van der Waals surface area contributed by atoms with Crippen LogP contribution in [0.4, 0.5) is 0 Å². The number of nitrogens with one attached hydrogen (secondary N) is 1. The number of rotatable bonds is 6. The van der Waals surface area contributed by atoms with Gasteiger partial charge in [-0.25, -0.2) is 9.50 Å². The molecule has 0 fully saturated rings. The van der Waals surface area contributed by atoms with Gasteiger partial charge in [0.15, 0.2) is 0 Å². The zero-order valence-corrected chi connectivity index (χ0v) is 16.1. The largest absolute Gasteiger partial charge is 0.430 e. The topological polar surface area (TPSA) is 88.8 Å². The van der Waals surface area contributed by atoms with E-state index in [2.05, 4.69) is 15.4 Å². The second-order valence-electron chi connectivity index (χ2n) is 5.83. The van der Waals surface area contributed by atoms with Crippen molar-refractivity contribution < 1.29 is 14.6 Å². The van der Waals surface area contributed by atoms with Crippen molar-refractivity contribution in [1.29, 1.82) is 0 Å². The SMILES string of the molecule is O=C(NCCO)c1ccc(Oc2nn3cc(-c4ccc(Cl)cc4)nc3s2)cc1. The monoisotopic (exact) mass is 414 g/mol. The Morgan fingerprint density at radius 3 is 2.61 bits per heavy atom. The first-order valence-electron chi connectivity index (χ1n) is 8.41. The highest BCUT2D eigenvalue weighted by Crippen LogP contribution is 2.29. The zero-order chi connectivity index (χ0) is 19.5. The van der Waals surface area contributed by atoms with Crippen LogP contribution in [0.5, 0.6) is 10.9 Å². The second-order valence-corrected chi connectivity index (χ2v) is 7.19. The number of ether oxygens (including phenoxy) is 1. The number of hydrogen-bond acceptors (Lipinski definition) is 6. The molecule has 0 saturated carbocycles. The highest BCUT2D eigenvalue weighted by atomic mass is 35.5. The number of carbonyl (C=O) groups is 1. The molecule has 0 radical (unpaired) electrons. The normalized spacial score (nSPS) is 10.9. The van der Waals surface area contributed by atoms with Crippen molar-refractivity contribution in [2.75, 3.05) is 13.2 Å². The van der Waals surface area contributed by atoms with Crippen molar-refractivity contribution in [2.24, 2.45) is 0 Å². The molecule has 0 aliphatic heterocycles. The Labute approximate surface area is 169 Å². The number of aromatic nitrogens is 3. The summed E-state index contributed by atoms with van der Waals surface area (Å²) in [6, 6.07) is 14.1. The van der Waals surface area contributed by atoms with Gasteiger partial charge in [0.2, 0.25) is 4.96 Å². The highest BCUT2D eigenvalue weighted by molar-refractivity contribution is 7.18.